The summed E-state index contributed by atoms with van der Waals surface area (Å²) in [4.78, 5) is 16.2. The summed E-state index contributed by atoms with van der Waals surface area (Å²) in [7, 11) is 2.97. The average Bonchev–Trinajstić information content (AvgIpc) is 2.97. The minimum atomic E-state index is -0.450. The summed E-state index contributed by atoms with van der Waals surface area (Å²) < 4.78 is 10.3. The summed E-state index contributed by atoms with van der Waals surface area (Å²) in [6.45, 7) is 1.91. The molecule has 1 aromatic carbocycles. The first-order chi connectivity index (χ1) is 10.1. The predicted octanol–water partition coefficient (Wildman–Crippen LogP) is 2.29. The summed E-state index contributed by atoms with van der Waals surface area (Å²) in [5.41, 5.74) is 0.423. The van der Waals surface area contributed by atoms with E-state index >= 15 is 0 Å². The number of hydrogen-bond donors (Lipinski definition) is 2. The van der Waals surface area contributed by atoms with Gasteiger partial charge in [0.25, 0.3) is 5.91 Å². The van der Waals surface area contributed by atoms with Crippen molar-refractivity contribution in [3.63, 3.8) is 0 Å². The van der Waals surface area contributed by atoms with Crippen LogP contribution in [0, 0.1) is 0 Å². The molecule has 0 atom stereocenters. The molecule has 2 aromatic rings. The molecule has 0 fully saturated rings. The number of rotatable bonds is 5. The van der Waals surface area contributed by atoms with Crippen LogP contribution in [0.15, 0.2) is 12.1 Å². The van der Waals surface area contributed by atoms with Gasteiger partial charge in [-0.15, -0.1) is 5.10 Å². The molecule has 21 heavy (non-hydrogen) atoms. The Morgan fingerprint density at radius 2 is 2.05 bits per heavy atom. The Morgan fingerprint density at radius 1 is 1.33 bits per heavy atom. The third kappa shape index (κ3) is 3.25. The molecule has 0 spiro atoms. The Hall–Kier alpha value is -2.28. The van der Waals surface area contributed by atoms with Gasteiger partial charge in [0, 0.05) is 18.6 Å². The van der Waals surface area contributed by atoms with Crippen LogP contribution in [0.25, 0.3) is 0 Å². The van der Waals surface area contributed by atoms with Gasteiger partial charge >= 0.3 is 0 Å². The zero-order valence-corrected chi connectivity index (χ0v) is 12.6. The molecule has 7 nitrogen and oxygen atoms in total. The molecule has 2 rings (SSSR count). The van der Waals surface area contributed by atoms with E-state index in [2.05, 4.69) is 20.5 Å². The highest BCUT2D eigenvalue weighted by atomic mass is 35.5. The summed E-state index contributed by atoms with van der Waals surface area (Å²) in [5.74, 6) is 1.09. The SMILES string of the molecule is CCc1nc(C(=O)Nc2cc(OC)c(Cl)cc2OC)n[nH]1. The van der Waals surface area contributed by atoms with E-state index in [1.807, 2.05) is 6.92 Å². The molecule has 1 amide bonds. The maximum absolute atomic E-state index is 12.1. The number of aromatic nitrogens is 3. The molecule has 0 unspecified atom stereocenters. The van der Waals surface area contributed by atoms with Crippen LogP contribution < -0.4 is 14.8 Å². The van der Waals surface area contributed by atoms with E-state index in [-0.39, 0.29) is 5.82 Å². The quantitative estimate of drug-likeness (QED) is 0.884. The van der Waals surface area contributed by atoms with E-state index in [0.717, 1.165) is 0 Å². The molecule has 0 saturated heterocycles. The summed E-state index contributed by atoms with van der Waals surface area (Å²) in [5, 5.41) is 9.59. The highest BCUT2D eigenvalue weighted by molar-refractivity contribution is 6.32. The predicted molar refractivity (Wildman–Crippen MR) is 78.3 cm³/mol. The van der Waals surface area contributed by atoms with Crippen LogP contribution in [0.3, 0.4) is 0 Å². The van der Waals surface area contributed by atoms with Crippen molar-refractivity contribution in [1.29, 1.82) is 0 Å². The lowest BCUT2D eigenvalue weighted by atomic mass is 10.2. The lowest BCUT2D eigenvalue weighted by molar-refractivity contribution is 0.101. The molecule has 1 aromatic heterocycles. The molecule has 2 N–H and O–H groups in total. The zero-order valence-electron chi connectivity index (χ0n) is 11.9. The van der Waals surface area contributed by atoms with Crippen LogP contribution in [0.4, 0.5) is 5.69 Å². The highest BCUT2D eigenvalue weighted by Gasteiger charge is 2.16. The number of aryl methyl sites for hydroxylation is 1. The Morgan fingerprint density at radius 3 is 2.62 bits per heavy atom. The average molecular weight is 311 g/mol. The van der Waals surface area contributed by atoms with Crippen molar-refractivity contribution in [3.8, 4) is 11.5 Å². The number of amides is 1. The summed E-state index contributed by atoms with van der Waals surface area (Å²) in [6, 6.07) is 3.14. The van der Waals surface area contributed by atoms with Crippen molar-refractivity contribution in [1.82, 2.24) is 15.2 Å². The standard InChI is InChI=1S/C13H15ClN4O3/c1-4-11-16-12(18-17-11)13(19)15-8-6-9(20-2)7(14)5-10(8)21-3/h5-6H,4H2,1-3H3,(H,15,19)(H,16,17,18). The van der Waals surface area contributed by atoms with Crippen molar-refractivity contribution in [2.45, 2.75) is 13.3 Å². The summed E-state index contributed by atoms with van der Waals surface area (Å²) >= 11 is 6.01. The Kier molecular flexibility index (Phi) is 4.64. The van der Waals surface area contributed by atoms with Gasteiger partial charge in [0.1, 0.15) is 17.3 Å². The number of methoxy groups -OCH3 is 2. The number of carbonyl (C=O) groups is 1. The fourth-order valence-corrected chi connectivity index (χ4v) is 1.92. The molecule has 0 aliphatic heterocycles. The third-order valence-corrected chi connectivity index (χ3v) is 3.09. The van der Waals surface area contributed by atoms with Crippen molar-refractivity contribution < 1.29 is 14.3 Å². The van der Waals surface area contributed by atoms with Gasteiger partial charge in [0.05, 0.1) is 24.9 Å². The molecule has 112 valence electrons. The van der Waals surface area contributed by atoms with Gasteiger partial charge in [0.15, 0.2) is 0 Å². The van der Waals surface area contributed by atoms with Crippen LogP contribution in [0.5, 0.6) is 11.5 Å². The fraction of sp³-hybridized carbons (Fsp3) is 0.308. The Balaban J connectivity index is 2.27. The first-order valence-electron chi connectivity index (χ1n) is 6.23. The second-order valence-electron chi connectivity index (χ2n) is 4.10. The van der Waals surface area contributed by atoms with E-state index < -0.39 is 5.91 Å². The minimum Gasteiger partial charge on any atom is -0.495 e. The fourth-order valence-electron chi connectivity index (χ4n) is 1.69. The number of aromatic amines is 1. The van der Waals surface area contributed by atoms with E-state index in [9.17, 15) is 4.79 Å². The number of nitrogens with one attached hydrogen (secondary N) is 2. The molecule has 0 aliphatic carbocycles. The molecule has 8 heteroatoms. The maximum Gasteiger partial charge on any atom is 0.295 e. The van der Waals surface area contributed by atoms with Crippen molar-refractivity contribution in [2.24, 2.45) is 0 Å². The molecule has 1 heterocycles. The molecular weight excluding hydrogens is 296 g/mol. The molecule has 0 saturated carbocycles. The number of carbonyl (C=O) groups excluding carboxylic acids is 1. The van der Waals surface area contributed by atoms with Gasteiger partial charge in [0.2, 0.25) is 5.82 Å². The van der Waals surface area contributed by atoms with Crippen LogP contribution in [0.1, 0.15) is 23.4 Å². The second kappa shape index (κ2) is 6.45. The third-order valence-electron chi connectivity index (χ3n) is 2.79. The topological polar surface area (TPSA) is 89.1 Å². The Bertz CT molecular complexity index is 657. The van der Waals surface area contributed by atoms with E-state index in [0.29, 0.717) is 34.5 Å². The highest BCUT2D eigenvalue weighted by Crippen LogP contribution is 2.35. The van der Waals surface area contributed by atoms with Gasteiger partial charge in [-0.2, -0.15) is 0 Å². The van der Waals surface area contributed by atoms with Crippen LogP contribution in [-0.2, 0) is 6.42 Å². The lowest BCUT2D eigenvalue weighted by Crippen LogP contribution is -2.14. The second-order valence-corrected chi connectivity index (χ2v) is 4.51. The van der Waals surface area contributed by atoms with Crippen molar-refractivity contribution >= 4 is 23.2 Å². The van der Waals surface area contributed by atoms with E-state index in [1.54, 1.807) is 12.1 Å². The first-order valence-corrected chi connectivity index (χ1v) is 6.61. The van der Waals surface area contributed by atoms with Gasteiger partial charge < -0.3 is 14.8 Å². The maximum atomic E-state index is 12.1. The molecular formula is C13H15ClN4O3. The minimum absolute atomic E-state index is 0.0582. The van der Waals surface area contributed by atoms with Crippen molar-refractivity contribution in [2.75, 3.05) is 19.5 Å². The number of H-pyrrole nitrogens is 1. The number of halogens is 1. The smallest absolute Gasteiger partial charge is 0.295 e. The molecule has 0 radical (unpaired) electrons. The van der Waals surface area contributed by atoms with E-state index in [4.69, 9.17) is 21.1 Å². The number of ether oxygens (including phenoxy) is 2. The van der Waals surface area contributed by atoms with Gasteiger partial charge in [-0.05, 0) is 0 Å². The molecule has 0 aliphatic rings. The monoisotopic (exact) mass is 310 g/mol. The normalized spacial score (nSPS) is 10.3. The van der Waals surface area contributed by atoms with E-state index in [1.165, 1.54) is 14.2 Å². The largest absolute Gasteiger partial charge is 0.495 e. The number of anilines is 1. The lowest BCUT2D eigenvalue weighted by Gasteiger charge is -2.12. The number of nitrogens with zero attached hydrogens (tertiary/aromatic N) is 2. The van der Waals surface area contributed by atoms with Crippen LogP contribution in [-0.4, -0.2) is 35.3 Å². The summed E-state index contributed by atoms with van der Waals surface area (Å²) in [6.07, 6.45) is 0.665. The van der Waals surface area contributed by atoms with Gasteiger partial charge in [-0.1, -0.05) is 18.5 Å². The van der Waals surface area contributed by atoms with Crippen LogP contribution in [0.2, 0.25) is 5.02 Å². The van der Waals surface area contributed by atoms with Gasteiger partial charge in [-0.25, -0.2) is 4.98 Å². The van der Waals surface area contributed by atoms with Crippen LogP contribution >= 0.6 is 11.6 Å². The number of benzene rings is 1. The first kappa shape index (κ1) is 15.1. The Labute approximate surface area is 126 Å². The molecule has 0 bridgehead atoms. The van der Waals surface area contributed by atoms with Crippen molar-refractivity contribution in [3.05, 3.63) is 28.8 Å². The zero-order chi connectivity index (χ0) is 15.4. The number of hydrogen-bond acceptors (Lipinski definition) is 5. The van der Waals surface area contributed by atoms with Gasteiger partial charge in [-0.3, -0.25) is 9.89 Å².